The maximum absolute atomic E-state index is 11.7. The lowest BCUT2D eigenvalue weighted by Crippen LogP contribution is -2.36. The molecule has 0 fully saturated rings. The summed E-state index contributed by atoms with van der Waals surface area (Å²) in [5.41, 5.74) is 7.36. The van der Waals surface area contributed by atoms with Gasteiger partial charge in [0.15, 0.2) is 0 Å². The van der Waals surface area contributed by atoms with Crippen molar-refractivity contribution >= 4 is 23.3 Å². The van der Waals surface area contributed by atoms with E-state index in [1.165, 1.54) is 0 Å². The zero-order valence-electron chi connectivity index (χ0n) is 13.5. The maximum Gasteiger partial charge on any atom is 0.407 e. The number of benzene rings is 2. The summed E-state index contributed by atoms with van der Waals surface area (Å²) in [7, 11) is 0. The second-order valence-electron chi connectivity index (χ2n) is 5.41. The predicted octanol–water partition coefficient (Wildman–Crippen LogP) is 1.64. The molecule has 2 atom stereocenters. The van der Waals surface area contributed by atoms with Gasteiger partial charge in [0.1, 0.15) is 23.8 Å². The second-order valence-corrected chi connectivity index (χ2v) is 5.85. The largest absolute Gasteiger partial charge is 0.445 e. The molecule has 2 unspecified atom stereocenters. The van der Waals surface area contributed by atoms with Gasteiger partial charge in [0, 0.05) is 12.1 Å². The normalized spacial score (nSPS) is 12.9. The van der Waals surface area contributed by atoms with Gasteiger partial charge in [-0.15, -0.1) is 0 Å². The fourth-order valence-corrected chi connectivity index (χ4v) is 2.45. The molecule has 6 nitrogen and oxygen atoms in total. The number of nitrogens with one attached hydrogen (secondary N) is 1. The molecule has 0 aliphatic carbocycles. The fourth-order valence-electron chi connectivity index (χ4n) is 2.26. The lowest BCUT2D eigenvalue weighted by atomic mass is 9.98. The maximum atomic E-state index is 11.7. The first-order chi connectivity index (χ1) is 12.0. The van der Waals surface area contributed by atoms with E-state index in [2.05, 4.69) is 5.32 Å². The van der Waals surface area contributed by atoms with E-state index in [1.54, 1.807) is 24.3 Å². The highest BCUT2D eigenvalue weighted by atomic mass is 32.1. The van der Waals surface area contributed by atoms with Crippen LogP contribution in [0.4, 0.5) is 4.79 Å². The summed E-state index contributed by atoms with van der Waals surface area (Å²) in [6.45, 7) is -0.0595. The number of hydrogen-bond acceptors (Lipinski definition) is 5. The quantitative estimate of drug-likeness (QED) is 0.560. The fraction of sp³-hybridized carbons (Fsp3) is 0.222. The molecule has 132 valence electrons. The molecule has 0 heterocycles. The van der Waals surface area contributed by atoms with Crippen LogP contribution in [0.15, 0.2) is 54.6 Å². The van der Waals surface area contributed by atoms with E-state index < -0.39 is 18.3 Å². The van der Waals surface area contributed by atoms with Crippen LogP contribution in [0.1, 0.15) is 22.8 Å². The molecule has 7 heteroatoms. The number of ether oxygens (including phenoxy) is 1. The van der Waals surface area contributed by atoms with Crippen LogP contribution in [0.3, 0.4) is 0 Å². The molecule has 0 saturated heterocycles. The number of thiocarbonyl (C=S) groups is 1. The van der Waals surface area contributed by atoms with Gasteiger partial charge in [-0.05, 0) is 11.1 Å². The van der Waals surface area contributed by atoms with E-state index in [9.17, 15) is 15.0 Å². The van der Waals surface area contributed by atoms with E-state index in [1.807, 2.05) is 30.3 Å². The van der Waals surface area contributed by atoms with Crippen LogP contribution in [-0.4, -0.2) is 33.9 Å². The van der Waals surface area contributed by atoms with Gasteiger partial charge in [-0.1, -0.05) is 66.8 Å². The highest BCUT2D eigenvalue weighted by Gasteiger charge is 2.22. The van der Waals surface area contributed by atoms with Crippen molar-refractivity contribution in [3.63, 3.8) is 0 Å². The highest BCUT2D eigenvalue weighted by molar-refractivity contribution is 7.80. The minimum Gasteiger partial charge on any atom is -0.445 e. The SMILES string of the molecule is NC(=S)c1ccccc1C(O)C(O)CNC(=O)OCc1ccccc1. The Bertz CT molecular complexity index is 724. The third-order valence-corrected chi connectivity index (χ3v) is 3.80. The second kappa shape index (κ2) is 9.12. The summed E-state index contributed by atoms with van der Waals surface area (Å²) in [4.78, 5) is 11.8. The molecule has 0 aliphatic heterocycles. The minimum absolute atomic E-state index is 0.121. The van der Waals surface area contributed by atoms with Gasteiger partial charge in [-0.2, -0.15) is 0 Å². The third kappa shape index (κ3) is 5.53. The van der Waals surface area contributed by atoms with Crippen molar-refractivity contribution in [1.82, 2.24) is 5.32 Å². The number of aliphatic hydroxyl groups is 2. The van der Waals surface area contributed by atoms with Crippen LogP contribution < -0.4 is 11.1 Å². The Balaban J connectivity index is 1.86. The van der Waals surface area contributed by atoms with E-state index in [0.29, 0.717) is 11.1 Å². The van der Waals surface area contributed by atoms with Crippen LogP contribution in [0.2, 0.25) is 0 Å². The van der Waals surface area contributed by atoms with E-state index >= 15 is 0 Å². The number of nitrogens with two attached hydrogens (primary N) is 1. The Kier molecular flexibility index (Phi) is 6.88. The predicted molar refractivity (Wildman–Crippen MR) is 97.9 cm³/mol. The van der Waals surface area contributed by atoms with Crippen molar-refractivity contribution in [3.05, 3.63) is 71.3 Å². The molecule has 2 aromatic carbocycles. The molecule has 0 aliphatic rings. The van der Waals surface area contributed by atoms with Gasteiger partial charge in [0.05, 0.1) is 0 Å². The monoisotopic (exact) mass is 360 g/mol. The van der Waals surface area contributed by atoms with Crippen LogP contribution in [-0.2, 0) is 11.3 Å². The van der Waals surface area contributed by atoms with E-state index in [4.69, 9.17) is 22.7 Å². The van der Waals surface area contributed by atoms with Gasteiger partial charge < -0.3 is 26.0 Å². The first-order valence-electron chi connectivity index (χ1n) is 7.68. The van der Waals surface area contributed by atoms with E-state index in [-0.39, 0.29) is 18.1 Å². The van der Waals surface area contributed by atoms with Gasteiger partial charge in [0.25, 0.3) is 0 Å². The molecule has 1 amide bonds. The number of hydrogen-bond donors (Lipinski definition) is 4. The van der Waals surface area contributed by atoms with Crippen LogP contribution in [0, 0.1) is 0 Å². The first kappa shape index (κ1) is 18.9. The van der Waals surface area contributed by atoms with Crippen molar-refractivity contribution in [1.29, 1.82) is 0 Å². The van der Waals surface area contributed by atoms with Crippen LogP contribution in [0.5, 0.6) is 0 Å². The number of alkyl carbamates (subject to hydrolysis) is 1. The van der Waals surface area contributed by atoms with Gasteiger partial charge >= 0.3 is 6.09 Å². The van der Waals surface area contributed by atoms with Crippen molar-refractivity contribution in [3.8, 4) is 0 Å². The average molecular weight is 360 g/mol. The zero-order chi connectivity index (χ0) is 18.2. The molecule has 2 aromatic rings. The van der Waals surface area contributed by atoms with Crippen molar-refractivity contribution in [2.75, 3.05) is 6.54 Å². The Morgan fingerprint density at radius 1 is 1.12 bits per heavy atom. The lowest BCUT2D eigenvalue weighted by Gasteiger charge is -2.20. The van der Waals surface area contributed by atoms with Crippen LogP contribution in [0.25, 0.3) is 0 Å². The molecule has 0 saturated carbocycles. The van der Waals surface area contributed by atoms with E-state index in [0.717, 1.165) is 5.56 Å². The highest BCUT2D eigenvalue weighted by Crippen LogP contribution is 2.21. The summed E-state index contributed by atoms with van der Waals surface area (Å²) in [5, 5.41) is 22.8. The Hall–Kier alpha value is -2.48. The van der Waals surface area contributed by atoms with Crippen LogP contribution >= 0.6 is 12.2 Å². The lowest BCUT2D eigenvalue weighted by molar-refractivity contribution is 0.0183. The van der Waals surface area contributed by atoms with Crippen molar-refractivity contribution in [2.24, 2.45) is 5.73 Å². The zero-order valence-corrected chi connectivity index (χ0v) is 14.3. The summed E-state index contributed by atoms with van der Waals surface area (Å²) in [5.74, 6) is 0. The standard InChI is InChI=1S/C18H20N2O4S/c19-17(25)14-9-5-4-8-13(14)16(22)15(21)10-20-18(23)24-11-12-6-2-1-3-7-12/h1-9,15-16,21-22H,10-11H2,(H2,19,25)(H,20,23). The number of aliphatic hydroxyl groups excluding tert-OH is 2. The van der Waals surface area contributed by atoms with Crippen molar-refractivity contribution in [2.45, 2.75) is 18.8 Å². The third-order valence-electron chi connectivity index (χ3n) is 3.58. The Labute approximate surface area is 151 Å². The number of amides is 1. The number of rotatable bonds is 7. The Morgan fingerprint density at radius 2 is 1.76 bits per heavy atom. The first-order valence-corrected chi connectivity index (χ1v) is 8.09. The molecular weight excluding hydrogens is 340 g/mol. The molecule has 0 radical (unpaired) electrons. The van der Waals surface area contributed by atoms with Gasteiger partial charge in [0.2, 0.25) is 0 Å². The molecule has 2 rings (SSSR count). The minimum atomic E-state index is -1.24. The number of carbonyl (C=O) groups excluding carboxylic acids is 1. The topological polar surface area (TPSA) is 105 Å². The van der Waals surface area contributed by atoms with Crippen molar-refractivity contribution < 1.29 is 19.7 Å². The molecule has 25 heavy (non-hydrogen) atoms. The summed E-state index contributed by atoms with van der Waals surface area (Å²) >= 11 is 4.94. The number of carbonyl (C=O) groups is 1. The van der Waals surface area contributed by atoms with Gasteiger partial charge in [-0.3, -0.25) is 0 Å². The summed E-state index contributed by atoms with van der Waals surface area (Å²) in [6.07, 6.45) is -3.16. The molecule has 0 spiro atoms. The summed E-state index contributed by atoms with van der Waals surface area (Å²) < 4.78 is 5.04. The molecule has 5 N–H and O–H groups in total. The molecular formula is C18H20N2O4S. The molecule has 0 aromatic heterocycles. The molecule has 0 bridgehead atoms. The smallest absolute Gasteiger partial charge is 0.407 e. The Morgan fingerprint density at radius 3 is 2.44 bits per heavy atom. The average Bonchev–Trinajstić information content (AvgIpc) is 2.64. The summed E-state index contributed by atoms with van der Waals surface area (Å²) in [6, 6.07) is 15.9. The van der Waals surface area contributed by atoms with Gasteiger partial charge in [-0.25, -0.2) is 4.79 Å².